The van der Waals surface area contributed by atoms with Gasteiger partial charge in [0.25, 0.3) is 0 Å². The topological polar surface area (TPSA) is 29.3 Å². The van der Waals surface area contributed by atoms with Crippen LogP contribution in [0, 0.1) is 5.82 Å². The fourth-order valence-electron chi connectivity index (χ4n) is 2.52. The van der Waals surface area contributed by atoms with Gasteiger partial charge in [-0.15, -0.1) is 0 Å². The maximum Gasteiger partial charge on any atom is 0.141 e. The molecule has 1 aliphatic carbocycles. The minimum Gasteiger partial charge on any atom is -0.370 e. The summed E-state index contributed by atoms with van der Waals surface area (Å²) in [6, 6.07) is 5.34. The van der Waals surface area contributed by atoms with Crippen LogP contribution in [-0.4, -0.2) is 19.1 Å². The number of hydrogen-bond acceptors (Lipinski definition) is 2. The molecule has 2 nitrogen and oxygen atoms in total. The summed E-state index contributed by atoms with van der Waals surface area (Å²) in [5.74, 6) is -0.378. The van der Waals surface area contributed by atoms with E-state index in [0.717, 1.165) is 18.5 Å². The maximum atomic E-state index is 13.1. The standard InChI is InChI=1S/C13H18ClFN2/c1-17(13-5-3-2-4-12(13)16)9-6-7-11(15)10(14)8-9/h6-8,12-13H,2-5,16H2,1H3. The quantitative estimate of drug-likeness (QED) is 0.881. The van der Waals surface area contributed by atoms with E-state index in [1.165, 1.54) is 18.9 Å². The lowest BCUT2D eigenvalue weighted by Crippen LogP contribution is -2.48. The summed E-state index contributed by atoms with van der Waals surface area (Å²) in [5.41, 5.74) is 7.07. The highest BCUT2D eigenvalue weighted by Gasteiger charge is 2.25. The first kappa shape index (κ1) is 12.7. The van der Waals surface area contributed by atoms with Crippen molar-refractivity contribution in [3.8, 4) is 0 Å². The molecule has 1 aliphatic rings. The Hall–Kier alpha value is -0.800. The molecule has 0 spiro atoms. The molecule has 2 unspecified atom stereocenters. The monoisotopic (exact) mass is 256 g/mol. The van der Waals surface area contributed by atoms with Gasteiger partial charge in [0.1, 0.15) is 5.82 Å². The Bertz CT molecular complexity index is 397. The van der Waals surface area contributed by atoms with Gasteiger partial charge in [0, 0.05) is 24.8 Å². The van der Waals surface area contributed by atoms with Crippen molar-refractivity contribution < 1.29 is 4.39 Å². The van der Waals surface area contributed by atoms with Crippen molar-refractivity contribution in [3.05, 3.63) is 29.0 Å². The highest BCUT2D eigenvalue weighted by atomic mass is 35.5. The lowest BCUT2D eigenvalue weighted by molar-refractivity contribution is 0.373. The Morgan fingerprint density at radius 2 is 2.06 bits per heavy atom. The van der Waals surface area contributed by atoms with Crippen LogP contribution < -0.4 is 10.6 Å². The van der Waals surface area contributed by atoms with Gasteiger partial charge in [0.15, 0.2) is 0 Å². The molecule has 1 fully saturated rings. The van der Waals surface area contributed by atoms with Gasteiger partial charge in [-0.05, 0) is 31.0 Å². The van der Waals surface area contributed by atoms with E-state index >= 15 is 0 Å². The molecule has 0 aromatic heterocycles. The van der Waals surface area contributed by atoms with Crippen LogP contribution in [0.2, 0.25) is 5.02 Å². The van der Waals surface area contributed by atoms with Crippen LogP contribution in [0.4, 0.5) is 10.1 Å². The van der Waals surface area contributed by atoms with Crippen molar-refractivity contribution in [1.82, 2.24) is 0 Å². The first-order valence-electron chi connectivity index (χ1n) is 6.03. The van der Waals surface area contributed by atoms with E-state index in [0.29, 0.717) is 6.04 Å². The fraction of sp³-hybridized carbons (Fsp3) is 0.538. The number of likely N-dealkylation sites (N-methyl/N-ethyl adjacent to an activating group) is 1. The molecule has 1 aromatic carbocycles. The molecular weight excluding hydrogens is 239 g/mol. The zero-order chi connectivity index (χ0) is 12.4. The van der Waals surface area contributed by atoms with E-state index in [-0.39, 0.29) is 16.9 Å². The molecule has 4 heteroatoms. The van der Waals surface area contributed by atoms with Crippen molar-refractivity contribution in [2.24, 2.45) is 5.73 Å². The largest absolute Gasteiger partial charge is 0.370 e. The van der Waals surface area contributed by atoms with Crippen LogP contribution in [-0.2, 0) is 0 Å². The third-order valence-electron chi connectivity index (χ3n) is 3.59. The smallest absolute Gasteiger partial charge is 0.141 e. The van der Waals surface area contributed by atoms with Crippen molar-refractivity contribution in [2.45, 2.75) is 37.8 Å². The summed E-state index contributed by atoms with van der Waals surface area (Å²) in [7, 11) is 2.00. The summed E-state index contributed by atoms with van der Waals surface area (Å²) in [6.45, 7) is 0. The van der Waals surface area contributed by atoms with Crippen LogP contribution in [0.5, 0.6) is 0 Å². The lowest BCUT2D eigenvalue weighted by atomic mass is 9.90. The first-order valence-corrected chi connectivity index (χ1v) is 6.41. The molecule has 0 heterocycles. The molecule has 2 atom stereocenters. The molecular formula is C13H18ClFN2. The number of benzene rings is 1. The van der Waals surface area contributed by atoms with Crippen molar-refractivity contribution in [2.75, 3.05) is 11.9 Å². The summed E-state index contributed by atoms with van der Waals surface area (Å²) >= 11 is 5.80. The van der Waals surface area contributed by atoms with Crippen LogP contribution in [0.3, 0.4) is 0 Å². The van der Waals surface area contributed by atoms with Gasteiger partial charge in [-0.3, -0.25) is 0 Å². The van der Waals surface area contributed by atoms with Crippen LogP contribution in [0.15, 0.2) is 18.2 Å². The Morgan fingerprint density at radius 1 is 1.35 bits per heavy atom. The Morgan fingerprint density at radius 3 is 2.71 bits per heavy atom. The molecule has 0 amide bonds. The molecule has 2 N–H and O–H groups in total. The van der Waals surface area contributed by atoms with Gasteiger partial charge in [0.05, 0.1) is 5.02 Å². The third-order valence-corrected chi connectivity index (χ3v) is 3.88. The third kappa shape index (κ3) is 2.72. The average Bonchev–Trinajstić information content (AvgIpc) is 2.32. The summed E-state index contributed by atoms with van der Waals surface area (Å²) in [6.07, 6.45) is 4.56. The zero-order valence-electron chi connectivity index (χ0n) is 10.00. The van der Waals surface area contributed by atoms with E-state index < -0.39 is 0 Å². The van der Waals surface area contributed by atoms with Gasteiger partial charge in [0.2, 0.25) is 0 Å². The van der Waals surface area contributed by atoms with Gasteiger partial charge >= 0.3 is 0 Å². The molecule has 1 aromatic rings. The minimum atomic E-state index is -0.378. The van der Waals surface area contributed by atoms with Crippen molar-refractivity contribution in [3.63, 3.8) is 0 Å². The van der Waals surface area contributed by atoms with Gasteiger partial charge in [-0.2, -0.15) is 0 Å². The second kappa shape index (κ2) is 5.23. The normalized spacial score (nSPS) is 24.7. The van der Waals surface area contributed by atoms with Gasteiger partial charge < -0.3 is 10.6 Å². The highest BCUT2D eigenvalue weighted by molar-refractivity contribution is 6.31. The maximum absolute atomic E-state index is 13.1. The van der Waals surface area contributed by atoms with Gasteiger partial charge in [-0.1, -0.05) is 24.4 Å². The van der Waals surface area contributed by atoms with Crippen LogP contribution >= 0.6 is 11.6 Å². The van der Waals surface area contributed by atoms with E-state index in [1.807, 2.05) is 7.05 Å². The second-order valence-electron chi connectivity index (χ2n) is 4.72. The summed E-state index contributed by atoms with van der Waals surface area (Å²) in [5, 5.41) is 0.165. The molecule has 0 saturated heterocycles. The van der Waals surface area contributed by atoms with Crippen LogP contribution in [0.25, 0.3) is 0 Å². The molecule has 2 rings (SSSR count). The number of halogens is 2. The minimum absolute atomic E-state index is 0.165. The number of nitrogens with two attached hydrogens (primary N) is 1. The van der Waals surface area contributed by atoms with E-state index in [1.54, 1.807) is 12.1 Å². The Balaban J connectivity index is 2.17. The number of nitrogens with zero attached hydrogens (tertiary/aromatic N) is 1. The molecule has 1 saturated carbocycles. The van der Waals surface area contributed by atoms with E-state index in [4.69, 9.17) is 17.3 Å². The number of rotatable bonds is 2. The van der Waals surface area contributed by atoms with Gasteiger partial charge in [-0.25, -0.2) is 4.39 Å². The lowest BCUT2D eigenvalue weighted by Gasteiger charge is -2.37. The predicted molar refractivity (Wildman–Crippen MR) is 70.0 cm³/mol. The fourth-order valence-corrected chi connectivity index (χ4v) is 2.69. The Kier molecular flexibility index (Phi) is 3.89. The van der Waals surface area contributed by atoms with E-state index in [9.17, 15) is 4.39 Å². The first-order chi connectivity index (χ1) is 8.09. The zero-order valence-corrected chi connectivity index (χ0v) is 10.8. The number of hydrogen-bond donors (Lipinski definition) is 1. The Labute approximate surface area is 107 Å². The predicted octanol–water partition coefficient (Wildman–Crippen LogP) is 3.19. The average molecular weight is 257 g/mol. The molecule has 94 valence electrons. The SMILES string of the molecule is CN(c1ccc(F)c(Cl)c1)C1CCCCC1N. The van der Waals surface area contributed by atoms with E-state index in [2.05, 4.69) is 4.90 Å². The number of anilines is 1. The molecule has 0 radical (unpaired) electrons. The molecule has 17 heavy (non-hydrogen) atoms. The van der Waals surface area contributed by atoms with Crippen molar-refractivity contribution in [1.29, 1.82) is 0 Å². The second-order valence-corrected chi connectivity index (χ2v) is 5.13. The summed E-state index contributed by atoms with van der Waals surface area (Å²) in [4.78, 5) is 2.12. The highest BCUT2D eigenvalue weighted by Crippen LogP contribution is 2.28. The molecule has 0 aliphatic heterocycles. The van der Waals surface area contributed by atoms with Crippen molar-refractivity contribution >= 4 is 17.3 Å². The molecule has 0 bridgehead atoms. The summed E-state index contributed by atoms with van der Waals surface area (Å²) < 4.78 is 13.1. The van der Waals surface area contributed by atoms with Crippen LogP contribution in [0.1, 0.15) is 25.7 Å².